The Kier molecular flexibility index (Phi) is 5.62. The van der Waals surface area contributed by atoms with Gasteiger partial charge in [-0.05, 0) is 23.4 Å². The SMILES string of the molecule is CN=C(NCCc1cccs1)N(C)Cc1ccccc1. The quantitative estimate of drug-likeness (QED) is 0.676. The molecule has 0 saturated carbocycles. The zero-order valence-corrected chi connectivity index (χ0v) is 12.9. The lowest BCUT2D eigenvalue weighted by atomic mass is 10.2. The summed E-state index contributed by atoms with van der Waals surface area (Å²) in [5, 5.41) is 5.53. The van der Waals surface area contributed by atoms with Crippen LogP contribution in [0.1, 0.15) is 10.4 Å². The highest BCUT2D eigenvalue weighted by Crippen LogP contribution is 2.08. The van der Waals surface area contributed by atoms with Gasteiger partial charge in [0.2, 0.25) is 0 Å². The largest absolute Gasteiger partial charge is 0.356 e. The van der Waals surface area contributed by atoms with Gasteiger partial charge in [0.25, 0.3) is 0 Å². The van der Waals surface area contributed by atoms with E-state index in [1.807, 2.05) is 13.1 Å². The number of hydrogen-bond acceptors (Lipinski definition) is 2. The number of aliphatic imine (C=N–C) groups is 1. The molecule has 3 nitrogen and oxygen atoms in total. The number of hydrogen-bond donors (Lipinski definition) is 1. The van der Waals surface area contributed by atoms with Crippen LogP contribution >= 0.6 is 11.3 Å². The zero-order chi connectivity index (χ0) is 14.2. The first-order chi connectivity index (χ1) is 9.79. The molecule has 2 aromatic rings. The van der Waals surface area contributed by atoms with Crippen LogP contribution in [0, 0.1) is 0 Å². The van der Waals surface area contributed by atoms with E-state index < -0.39 is 0 Å². The van der Waals surface area contributed by atoms with Crippen LogP contribution in [0.4, 0.5) is 0 Å². The lowest BCUT2D eigenvalue weighted by Gasteiger charge is -2.22. The minimum Gasteiger partial charge on any atom is -0.356 e. The molecule has 0 aliphatic rings. The molecule has 0 unspecified atom stereocenters. The van der Waals surface area contributed by atoms with Gasteiger partial charge in [-0.25, -0.2) is 0 Å². The second-order valence-corrected chi connectivity index (χ2v) is 5.68. The Hall–Kier alpha value is -1.81. The Bertz CT molecular complexity index is 520. The Balaban J connectivity index is 1.82. The highest BCUT2D eigenvalue weighted by atomic mass is 32.1. The van der Waals surface area contributed by atoms with Crippen LogP contribution in [0.15, 0.2) is 52.8 Å². The Labute approximate surface area is 125 Å². The summed E-state index contributed by atoms with van der Waals surface area (Å²) in [6, 6.07) is 14.7. The first-order valence-electron chi connectivity index (χ1n) is 6.77. The Morgan fingerprint density at radius 2 is 2.00 bits per heavy atom. The predicted molar refractivity (Wildman–Crippen MR) is 87.3 cm³/mol. The maximum atomic E-state index is 4.34. The van der Waals surface area contributed by atoms with Crippen molar-refractivity contribution in [3.63, 3.8) is 0 Å². The van der Waals surface area contributed by atoms with Crippen molar-refractivity contribution >= 4 is 17.3 Å². The molecule has 1 aromatic heterocycles. The van der Waals surface area contributed by atoms with Crippen LogP contribution in [-0.4, -0.2) is 31.5 Å². The van der Waals surface area contributed by atoms with Crippen LogP contribution in [-0.2, 0) is 13.0 Å². The lowest BCUT2D eigenvalue weighted by molar-refractivity contribution is 0.477. The molecule has 0 radical (unpaired) electrons. The smallest absolute Gasteiger partial charge is 0.193 e. The Morgan fingerprint density at radius 1 is 1.20 bits per heavy atom. The highest BCUT2D eigenvalue weighted by Gasteiger charge is 2.06. The van der Waals surface area contributed by atoms with Crippen LogP contribution in [0.2, 0.25) is 0 Å². The van der Waals surface area contributed by atoms with Crippen molar-refractivity contribution in [2.45, 2.75) is 13.0 Å². The molecular formula is C16H21N3S. The molecule has 0 aliphatic heterocycles. The second-order valence-electron chi connectivity index (χ2n) is 4.65. The highest BCUT2D eigenvalue weighted by molar-refractivity contribution is 7.09. The normalized spacial score (nSPS) is 11.4. The fourth-order valence-electron chi connectivity index (χ4n) is 2.07. The van der Waals surface area contributed by atoms with Crippen molar-refractivity contribution < 1.29 is 0 Å². The number of thiophene rings is 1. The minimum atomic E-state index is 0.861. The van der Waals surface area contributed by atoms with Gasteiger partial charge >= 0.3 is 0 Å². The van der Waals surface area contributed by atoms with Crippen molar-refractivity contribution in [2.24, 2.45) is 4.99 Å². The summed E-state index contributed by atoms with van der Waals surface area (Å²) in [5.74, 6) is 0.936. The van der Waals surface area contributed by atoms with Crippen LogP contribution in [0.3, 0.4) is 0 Å². The summed E-state index contributed by atoms with van der Waals surface area (Å²) in [5.41, 5.74) is 1.29. The average molecular weight is 287 g/mol. The number of rotatable bonds is 5. The summed E-state index contributed by atoms with van der Waals surface area (Å²) < 4.78 is 0. The van der Waals surface area contributed by atoms with E-state index >= 15 is 0 Å². The maximum absolute atomic E-state index is 4.34. The molecule has 2 rings (SSSR count). The van der Waals surface area contributed by atoms with Crippen molar-refractivity contribution in [2.75, 3.05) is 20.6 Å². The predicted octanol–water partition coefficient (Wildman–Crippen LogP) is 3.00. The standard InChI is InChI=1S/C16H21N3S/c1-17-16(18-11-10-15-9-6-12-20-15)19(2)13-14-7-4-3-5-8-14/h3-9,12H,10-11,13H2,1-2H3,(H,17,18). The van der Waals surface area contributed by atoms with Gasteiger partial charge in [-0.15, -0.1) is 11.3 Å². The average Bonchev–Trinajstić information content (AvgIpc) is 2.98. The molecule has 0 amide bonds. The molecule has 0 spiro atoms. The van der Waals surface area contributed by atoms with Gasteiger partial charge in [0, 0.05) is 32.1 Å². The van der Waals surface area contributed by atoms with Crippen molar-refractivity contribution in [3.05, 3.63) is 58.3 Å². The maximum Gasteiger partial charge on any atom is 0.193 e. The summed E-state index contributed by atoms with van der Waals surface area (Å²) in [7, 11) is 3.89. The van der Waals surface area contributed by atoms with Gasteiger partial charge in [-0.2, -0.15) is 0 Å². The molecule has 20 heavy (non-hydrogen) atoms. The third kappa shape index (κ3) is 4.38. The van der Waals surface area contributed by atoms with Crippen molar-refractivity contribution in [1.82, 2.24) is 10.2 Å². The fraction of sp³-hybridized carbons (Fsp3) is 0.312. The number of nitrogens with zero attached hydrogens (tertiary/aromatic N) is 2. The van der Waals surface area contributed by atoms with E-state index in [-0.39, 0.29) is 0 Å². The molecule has 1 N–H and O–H groups in total. The van der Waals surface area contributed by atoms with Gasteiger partial charge in [-0.1, -0.05) is 36.4 Å². The van der Waals surface area contributed by atoms with E-state index in [9.17, 15) is 0 Å². The molecule has 106 valence electrons. The first-order valence-corrected chi connectivity index (χ1v) is 7.65. The third-order valence-corrected chi connectivity index (χ3v) is 4.01. The van der Waals surface area contributed by atoms with Crippen LogP contribution < -0.4 is 5.32 Å². The monoisotopic (exact) mass is 287 g/mol. The van der Waals surface area contributed by atoms with Gasteiger partial charge in [0.15, 0.2) is 5.96 Å². The summed E-state index contributed by atoms with van der Waals surface area (Å²) >= 11 is 1.80. The van der Waals surface area contributed by atoms with E-state index in [0.717, 1.165) is 25.5 Å². The van der Waals surface area contributed by atoms with E-state index in [1.165, 1.54) is 10.4 Å². The Morgan fingerprint density at radius 3 is 2.65 bits per heavy atom. The molecular weight excluding hydrogens is 266 g/mol. The van der Waals surface area contributed by atoms with Gasteiger partial charge in [0.1, 0.15) is 0 Å². The molecule has 0 bridgehead atoms. The second kappa shape index (κ2) is 7.70. The minimum absolute atomic E-state index is 0.861. The fourth-order valence-corrected chi connectivity index (χ4v) is 2.78. The van der Waals surface area contributed by atoms with Crippen LogP contribution in [0.5, 0.6) is 0 Å². The van der Waals surface area contributed by atoms with E-state index in [0.29, 0.717) is 0 Å². The number of benzene rings is 1. The van der Waals surface area contributed by atoms with Gasteiger partial charge in [-0.3, -0.25) is 4.99 Å². The molecule has 0 saturated heterocycles. The van der Waals surface area contributed by atoms with Crippen molar-refractivity contribution in [1.29, 1.82) is 0 Å². The molecule has 4 heteroatoms. The number of nitrogens with one attached hydrogen (secondary N) is 1. The lowest BCUT2D eigenvalue weighted by Crippen LogP contribution is -2.39. The van der Waals surface area contributed by atoms with E-state index in [4.69, 9.17) is 0 Å². The molecule has 1 aromatic carbocycles. The molecule has 1 heterocycles. The number of guanidine groups is 1. The van der Waals surface area contributed by atoms with Gasteiger partial charge < -0.3 is 10.2 Å². The van der Waals surface area contributed by atoms with Crippen molar-refractivity contribution in [3.8, 4) is 0 Å². The summed E-state index contributed by atoms with van der Waals surface area (Å²) in [6.45, 7) is 1.77. The van der Waals surface area contributed by atoms with Crippen LogP contribution in [0.25, 0.3) is 0 Å². The first kappa shape index (κ1) is 14.6. The summed E-state index contributed by atoms with van der Waals surface area (Å²) in [4.78, 5) is 7.88. The zero-order valence-electron chi connectivity index (χ0n) is 12.0. The van der Waals surface area contributed by atoms with Gasteiger partial charge in [0.05, 0.1) is 0 Å². The molecule has 0 atom stereocenters. The molecule has 0 fully saturated rings. The van der Waals surface area contributed by atoms with E-state index in [1.54, 1.807) is 11.3 Å². The third-order valence-electron chi connectivity index (χ3n) is 3.07. The topological polar surface area (TPSA) is 27.6 Å². The molecule has 0 aliphatic carbocycles. The van der Waals surface area contributed by atoms with E-state index in [2.05, 4.69) is 64.0 Å². The summed E-state index contributed by atoms with van der Waals surface area (Å²) in [6.07, 6.45) is 1.04.